The van der Waals surface area contributed by atoms with E-state index in [9.17, 15) is 14.0 Å². The van der Waals surface area contributed by atoms with E-state index < -0.39 is 0 Å². The van der Waals surface area contributed by atoms with Crippen molar-refractivity contribution in [3.05, 3.63) is 139 Å². The molecule has 218 valence electrons. The number of hydrogen-bond acceptors (Lipinski definition) is 3. The molecule has 6 aromatic rings. The number of aromatic nitrogens is 3. The molecule has 4 aromatic heterocycles. The molecule has 5 nitrogen and oxygen atoms in total. The maximum atomic E-state index is 14.0. The zero-order valence-electron chi connectivity index (χ0n) is 25.1. The molecule has 0 radical (unpaired) electrons. The topological polar surface area (TPSA) is 81.5 Å². The fraction of sp³-hybridized carbons (Fsp3) is 0.222. The molecule has 0 spiro atoms. The number of ketones is 2. The second-order valence-corrected chi connectivity index (χ2v) is 12.5. The van der Waals surface area contributed by atoms with Gasteiger partial charge in [0.2, 0.25) is 0 Å². The molecule has 4 heterocycles. The number of nitrogens with one attached hydrogen (secondary N) is 3. The highest BCUT2D eigenvalue weighted by molar-refractivity contribution is 7.19. The van der Waals surface area contributed by atoms with Crippen LogP contribution in [0.4, 0.5) is 4.39 Å². The van der Waals surface area contributed by atoms with Crippen LogP contribution in [-0.2, 0) is 0 Å². The molecular formula is C36H34FN3O2S. The lowest BCUT2D eigenvalue weighted by atomic mass is 9.89. The van der Waals surface area contributed by atoms with Gasteiger partial charge in [-0.1, -0.05) is 30.3 Å². The number of hydrogen-bond donors (Lipinski definition) is 3. The third-order valence-corrected chi connectivity index (χ3v) is 9.70. The SMILES string of the molecule is CC(=O)c1c(C)[nH]c(C(c2ccc(F)cc2)c2ccc(C(c3cc4ccccc4s3)c3[nH]c(C)c(C(C)=O)c3C)[nH]2)c1C. The number of carbonyl (C=O) groups is 2. The Kier molecular flexibility index (Phi) is 7.30. The summed E-state index contributed by atoms with van der Waals surface area (Å²) < 4.78 is 15.2. The third-order valence-electron chi connectivity index (χ3n) is 8.52. The predicted molar refractivity (Wildman–Crippen MR) is 171 cm³/mol. The first kappa shape index (κ1) is 28.6. The van der Waals surface area contributed by atoms with E-state index in [1.54, 1.807) is 37.3 Å². The number of aryl methyl sites for hydroxylation is 2. The third kappa shape index (κ3) is 4.97. The first-order valence-corrected chi connectivity index (χ1v) is 15.2. The highest BCUT2D eigenvalue weighted by Gasteiger charge is 2.30. The smallest absolute Gasteiger partial charge is 0.161 e. The van der Waals surface area contributed by atoms with Crippen LogP contribution >= 0.6 is 11.3 Å². The number of fused-ring (bicyclic) bond motifs is 1. The van der Waals surface area contributed by atoms with E-state index >= 15 is 0 Å². The van der Waals surface area contributed by atoms with Gasteiger partial charge < -0.3 is 15.0 Å². The van der Waals surface area contributed by atoms with Gasteiger partial charge in [0.1, 0.15) is 5.82 Å². The molecule has 2 aromatic carbocycles. The summed E-state index contributed by atoms with van der Waals surface area (Å²) in [4.78, 5) is 37.1. The number of aromatic amines is 3. The predicted octanol–water partition coefficient (Wildman–Crippen LogP) is 9.02. The number of benzene rings is 2. The van der Waals surface area contributed by atoms with Gasteiger partial charge in [0.15, 0.2) is 11.6 Å². The fourth-order valence-corrected chi connectivity index (χ4v) is 7.89. The quantitative estimate of drug-likeness (QED) is 0.154. The first-order valence-electron chi connectivity index (χ1n) is 14.4. The lowest BCUT2D eigenvalue weighted by Crippen LogP contribution is -2.09. The Morgan fingerprint density at radius 2 is 1.23 bits per heavy atom. The Morgan fingerprint density at radius 1 is 0.698 bits per heavy atom. The van der Waals surface area contributed by atoms with Gasteiger partial charge in [0, 0.05) is 54.9 Å². The number of rotatable bonds is 8. The standard InChI is InChI=1S/C36H34FN3O2S/c1-18-31(22(5)41)20(3)38-35(18)33(24-11-13-26(37)14-12-24)27-15-16-28(40-27)34(30-17-25-9-7-8-10-29(25)43-30)36-19(2)32(23(6)42)21(4)39-36/h7-17,33-34,38-40H,1-6H3. The number of carbonyl (C=O) groups excluding carboxylic acids is 2. The van der Waals surface area contributed by atoms with Crippen molar-refractivity contribution in [1.82, 2.24) is 15.0 Å². The first-order chi connectivity index (χ1) is 20.5. The Hall–Kier alpha value is -4.49. The van der Waals surface area contributed by atoms with Crippen LogP contribution in [0, 0.1) is 33.5 Å². The molecule has 3 N–H and O–H groups in total. The molecular weight excluding hydrogens is 557 g/mol. The summed E-state index contributed by atoms with van der Waals surface area (Å²) >= 11 is 1.74. The summed E-state index contributed by atoms with van der Waals surface area (Å²) in [5.74, 6) is -0.724. The van der Waals surface area contributed by atoms with Gasteiger partial charge in [0.05, 0.1) is 11.8 Å². The van der Waals surface area contributed by atoms with E-state index in [-0.39, 0.29) is 29.2 Å². The minimum atomic E-state index is -0.304. The van der Waals surface area contributed by atoms with Gasteiger partial charge in [-0.3, -0.25) is 9.59 Å². The van der Waals surface area contributed by atoms with Crippen LogP contribution in [0.2, 0.25) is 0 Å². The summed E-state index contributed by atoms with van der Waals surface area (Å²) in [6.07, 6.45) is 0. The molecule has 0 saturated heterocycles. The van der Waals surface area contributed by atoms with Crippen LogP contribution < -0.4 is 0 Å². The molecule has 2 unspecified atom stereocenters. The molecule has 0 fully saturated rings. The average molecular weight is 592 g/mol. The maximum absolute atomic E-state index is 14.0. The Labute approximate surface area is 254 Å². The zero-order chi connectivity index (χ0) is 30.6. The number of thiophene rings is 1. The van der Waals surface area contributed by atoms with E-state index in [0.717, 1.165) is 61.3 Å². The Balaban J connectivity index is 1.55. The van der Waals surface area contributed by atoms with Gasteiger partial charge in [0.25, 0.3) is 0 Å². The van der Waals surface area contributed by atoms with Crippen LogP contribution in [0.1, 0.15) is 102 Å². The van der Waals surface area contributed by atoms with E-state index in [1.807, 2.05) is 39.8 Å². The lowest BCUT2D eigenvalue weighted by molar-refractivity contribution is 0.100. The number of H-pyrrole nitrogens is 3. The van der Waals surface area contributed by atoms with Crippen molar-refractivity contribution in [3.8, 4) is 0 Å². The molecule has 0 aliphatic heterocycles. The minimum Gasteiger partial charge on any atom is -0.361 e. The van der Waals surface area contributed by atoms with Crippen molar-refractivity contribution >= 4 is 33.0 Å². The highest BCUT2D eigenvalue weighted by atomic mass is 32.1. The monoisotopic (exact) mass is 591 g/mol. The number of halogens is 1. The Morgan fingerprint density at radius 3 is 1.77 bits per heavy atom. The molecule has 2 atom stereocenters. The summed E-state index contributed by atoms with van der Waals surface area (Å²) in [6.45, 7) is 11.0. The molecule has 6 rings (SSSR count). The van der Waals surface area contributed by atoms with Crippen LogP contribution in [0.15, 0.2) is 66.7 Å². The molecule has 0 amide bonds. The van der Waals surface area contributed by atoms with Gasteiger partial charge in [-0.15, -0.1) is 11.3 Å². The number of Topliss-reactive ketones (excluding diaryl/α,β-unsaturated/α-hetero) is 2. The van der Waals surface area contributed by atoms with Crippen molar-refractivity contribution < 1.29 is 14.0 Å². The van der Waals surface area contributed by atoms with Crippen LogP contribution in [0.3, 0.4) is 0 Å². The van der Waals surface area contributed by atoms with Crippen LogP contribution in [-0.4, -0.2) is 26.5 Å². The summed E-state index contributed by atoms with van der Waals surface area (Å²) in [5, 5.41) is 1.17. The van der Waals surface area contributed by atoms with Gasteiger partial charge >= 0.3 is 0 Å². The summed E-state index contributed by atoms with van der Waals surface area (Å²) in [5.41, 5.74) is 9.59. The van der Waals surface area contributed by atoms with Gasteiger partial charge in [-0.05, 0) is 100 Å². The van der Waals surface area contributed by atoms with Gasteiger partial charge in [-0.2, -0.15) is 0 Å². The van der Waals surface area contributed by atoms with Crippen molar-refractivity contribution in [2.75, 3.05) is 0 Å². The van der Waals surface area contributed by atoms with Crippen molar-refractivity contribution in [3.63, 3.8) is 0 Å². The molecule has 0 saturated carbocycles. The second-order valence-electron chi connectivity index (χ2n) is 11.4. The van der Waals surface area contributed by atoms with E-state index in [0.29, 0.717) is 5.56 Å². The minimum absolute atomic E-state index is 0.00576. The zero-order valence-corrected chi connectivity index (χ0v) is 25.9. The summed E-state index contributed by atoms with van der Waals surface area (Å²) in [6, 6.07) is 21.3. The van der Waals surface area contributed by atoms with Gasteiger partial charge in [-0.25, -0.2) is 4.39 Å². The van der Waals surface area contributed by atoms with Crippen molar-refractivity contribution in [1.29, 1.82) is 0 Å². The molecule has 0 aliphatic carbocycles. The highest BCUT2D eigenvalue weighted by Crippen LogP contribution is 2.42. The van der Waals surface area contributed by atoms with E-state index in [4.69, 9.17) is 0 Å². The maximum Gasteiger partial charge on any atom is 0.161 e. The lowest BCUT2D eigenvalue weighted by Gasteiger charge is -2.19. The molecule has 0 aliphatic rings. The van der Waals surface area contributed by atoms with Crippen LogP contribution in [0.5, 0.6) is 0 Å². The van der Waals surface area contributed by atoms with E-state index in [1.165, 1.54) is 22.2 Å². The second kappa shape index (κ2) is 11.0. The van der Waals surface area contributed by atoms with Crippen LogP contribution in [0.25, 0.3) is 10.1 Å². The average Bonchev–Trinajstić information content (AvgIpc) is 3.72. The normalized spacial score (nSPS) is 13.0. The Bertz CT molecular complexity index is 1970. The molecule has 0 bridgehead atoms. The van der Waals surface area contributed by atoms with E-state index in [2.05, 4.69) is 45.3 Å². The van der Waals surface area contributed by atoms with Crippen molar-refractivity contribution in [2.24, 2.45) is 0 Å². The molecule has 7 heteroatoms. The fourth-order valence-electron chi connectivity index (χ4n) is 6.70. The largest absolute Gasteiger partial charge is 0.361 e. The summed E-state index contributed by atoms with van der Waals surface area (Å²) in [7, 11) is 0. The van der Waals surface area contributed by atoms with Crippen molar-refractivity contribution in [2.45, 2.75) is 53.4 Å². The molecule has 43 heavy (non-hydrogen) atoms.